The first-order chi connectivity index (χ1) is 14.0. The number of pyridine rings is 1. The Hall–Kier alpha value is -3.26. The molecule has 8 nitrogen and oxygen atoms in total. The van der Waals surface area contributed by atoms with Crippen molar-refractivity contribution in [3.63, 3.8) is 0 Å². The first-order valence-corrected chi connectivity index (χ1v) is 9.67. The highest BCUT2D eigenvalue weighted by Crippen LogP contribution is 2.15. The van der Waals surface area contributed by atoms with E-state index in [4.69, 9.17) is 0 Å². The molecular formula is C21H23N5O3. The summed E-state index contributed by atoms with van der Waals surface area (Å²) in [4.78, 5) is 45.1. The third-order valence-corrected chi connectivity index (χ3v) is 5.39. The Labute approximate surface area is 167 Å². The number of carbonyl (C=O) groups is 1. The van der Waals surface area contributed by atoms with Gasteiger partial charge in [-0.1, -0.05) is 30.3 Å². The lowest BCUT2D eigenvalue weighted by Crippen LogP contribution is -2.44. The van der Waals surface area contributed by atoms with E-state index in [1.807, 2.05) is 18.2 Å². The molecular weight excluding hydrogens is 370 g/mol. The molecule has 1 amide bonds. The third-order valence-electron chi connectivity index (χ3n) is 5.39. The van der Waals surface area contributed by atoms with Crippen molar-refractivity contribution < 1.29 is 4.79 Å². The van der Waals surface area contributed by atoms with Crippen LogP contribution >= 0.6 is 0 Å². The molecule has 1 aromatic carbocycles. The smallest absolute Gasteiger partial charge is 0.329 e. The summed E-state index contributed by atoms with van der Waals surface area (Å²) in [5, 5.41) is 3.26. The zero-order valence-corrected chi connectivity index (χ0v) is 16.2. The second kappa shape index (κ2) is 8.00. The summed E-state index contributed by atoms with van der Waals surface area (Å²) in [6.07, 6.45) is 3.14. The van der Waals surface area contributed by atoms with Gasteiger partial charge in [-0.3, -0.25) is 24.0 Å². The topological polar surface area (TPSA) is 100 Å². The van der Waals surface area contributed by atoms with Crippen molar-refractivity contribution in [2.45, 2.75) is 25.4 Å². The van der Waals surface area contributed by atoms with E-state index in [2.05, 4.69) is 32.3 Å². The van der Waals surface area contributed by atoms with Gasteiger partial charge in [0.15, 0.2) is 0 Å². The van der Waals surface area contributed by atoms with Crippen molar-refractivity contribution in [3.8, 4) is 0 Å². The van der Waals surface area contributed by atoms with Crippen LogP contribution in [0.1, 0.15) is 28.8 Å². The average Bonchev–Trinajstić information content (AvgIpc) is 2.74. The highest BCUT2D eigenvalue weighted by Gasteiger charge is 2.22. The fourth-order valence-corrected chi connectivity index (χ4v) is 3.71. The van der Waals surface area contributed by atoms with Gasteiger partial charge >= 0.3 is 5.69 Å². The molecule has 3 aromatic rings. The van der Waals surface area contributed by atoms with Gasteiger partial charge in [-0.2, -0.15) is 0 Å². The van der Waals surface area contributed by atoms with Gasteiger partial charge in [0.2, 0.25) is 0 Å². The SMILES string of the molecule is Cn1c(=O)[nH]c(=O)c2cc(C(=O)NC3CCN(Cc4ccccc4)CC3)cnc21. The van der Waals surface area contributed by atoms with Crippen LogP contribution in [0.2, 0.25) is 0 Å². The van der Waals surface area contributed by atoms with Crippen LogP contribution in [-0.4, -0.2) is 44.5 Å². The summed E-state index contributed by atoms with van der Waals surface area (Å²) in [5.74, 6) is -0.255. The molecule has 150 valence electrons. The number of likely N-dealkylation sites (tertiary alicyclic amines) is 1. The van der Waals surface area contributed by atoms with Crippen LogP contribution in [-0.2, 0) is 13.6 Å². The van der Waals surface area contributed by atoms with Crippen LogP contribution < -0.4 is 16.6 Å². The van der Waals surface area contributed by atoms with Crippen LogP contribution in [0.25, 0.3) is 11.0 Å². The maximum atomic E-state index is 12.6. The fraction of sp³-hybridized carbons (Fsp3) is 0.333. The molecule has 8 heteroatoms. The van der Waals surface area contributed by atoms with Crippen molar-refractivity contribution in [1.29, 1.82) is 0 Å². The van der Waals surface area contributed by atoms with Gasteiger partial charge < -0.3 is 5.32 Å². The van der Waals surface area contributed by atoms with Crippen molar-refractivity contribution in [1.82, 2.24) is 24.8 Å². The monoisotopic (exact) mass is 393 g/mol. The highest BCUT2D eigenvalue weighted by atomic mass is 16.2. The summed E-state index contributed by atoms with van der Waals surface area (Å²) in [7, 11) is 1.52. The molecule has 29 heavy (non-hydrogen) atoms. The van der Waals surface area contributed by atoms with Crippen LogP contribution in [0.4, 0.5) is 0 Å². The van der Waals surface area contributed by atoms with Crippen molar-refractivity contribution in [2.24, 2.45) is 7.05 Å². The first-order valence-electron chi connectivity index (χ1n) is 9.67. The molecule has 2 N–H and O–H groups in total. The number of hydrogen-bond donors (Lipinski definition) is 2. The number of nitrogens with one attached hydrogen (secondary N) is 2. The molecule has 4 rings (SSSR count). The lowest BCUT2D eigenvalue weighted by molar-refractivity contribution is 0.0908. The summed E-state index contributed by atoms with van der Waals surface area (Å²) in [5.41, 5.74) is 0.781. The number of aromatic nitrogens is 3. The molecule has 0 saturated carbocycles. The number of H-pyrrole nitrogens is 1. The Morgan fingerprint density at radius 2 is 1.93 bits per heavy atom. The number of rotatable bonds is 4. The van der Waals surface area contributed by atoms with Crippen LogP contribution in [0.15, 0.2) is 52.2 Å². The largest absolute Gasteiger partial charge is 0.349 e. The molecule has 0 radical (unpaired) electrons. The Balaban J connectivity index is 1.40. The van der Waals surface area contributed by atoms with E-state index in [1.54, 1.807) is 0 Å². The Morgan fingerprint density at radius 3 is 2.66 bits per heavy atom. The predicted molar refractivity (Wildman–Crippen MR) is 110 cm³/mol. The number of amides is 1. The summed E-state index contributed by atoms with van der Waals surface area (Å²) in [6, 6.07) is 11.9. The van der Waals surface area contributed by atoms with Crippen molar-refractivity contribution >= 4 is 16.9 Å². The normalized spacial score (nSPS) is 15.5. The molecule has 0 bridgehead atoms. The van der Waals surface area contributed by atoms with Gasteiger partial charge in [0.25, 0.3) is 11.5 Å². The van der Waals surface area contributed by atoms with Gasteiger partial charge in [-0.15, -0.1) is 0 Å². The van der Waals surface area contributed by atoms with Crippen LogP contribution in [0, 0.1) is 0 Å². The molecule has 3 heterocycles. The molecule has 0 atom stereocenters. The van der Waals surface area contributed by atoms with E-state index < -0.39 is 11.2 Å². The molecule has 1 saturated heterocycles. The van der Waals surface area contributed by atoms with Crippen LogP contribution in [0.5, 0.6) is 0 Å². The highest BCUT2D eigenvalue weighted by molar-refractivity contribution is 5.96. The van der Waals surface area contributed by atoms with Gasteiger partial charge in [0.1, 0.15) is 5.65 Å². The molecule has 1 fully saturated rings. The minimum atomic E-state index is -0.542. The van der Waals surface area contributed by atoms with E-state index in [0.717, 1.165) is 32.5 Å². The van der Waals surface area contributed by atoms with Gasteiger partial charge in [0.05, 0.1) is 10.9 Å². The Kier molecular flexibility index (Phi) is 5.26. The summed E-state index contributed by atoms with van der Waals surface area (Å²) >= 11 is 0. The summed E-state index contributed by atoms with van der Waals surface area (Å²) in [6.45, 7) is 2.74. The number of benzene rings is 1. The standard InChI is InChI=1S/C21H23N5O3/c1-25-18-17(20(28)24-21(25)29)11-15(12-22-18)19(27)23-16-7-9-26(10-8-16)13-14-5-3-2-4-6-14/h2-6,11-12,16H,7-10,13H2,1H3,(H,23,27)(H,24,28,29). The Bertz CT molecular complexity index is 1140. The minimum absolute atomic E-state index is 0.0867. The Morgan fingerprint density at radius 1 is 1.21 bits per heavy atom. The molecule has 2 aromatic heterocycles. The number of aryl methyl sites for hydroxylation is 1. The maximum absolute atomic E-state index is 12.6. The third kappa shape index (κ3) is 4.12. The van der Waals surface area contributed by atoms with E-state index >= 15 is 0 Å². The van der Waals surface area contributed by atoms with Gasteiger partial charge in [0, 0.05) is 38.9 Å². The zero-order valence-electron chi connectivity index (χ0n) is 16.2. The van der Waals surface area contributed by atoms with E-state index in [0.29, 0.717) is 5.56 Å². The lowest BCUT2D eigenvalue weighted by Gasteiger charge is -2.32. The van der Waals surface area contributed by atoms with E-state index in [1.165, 1.54) is 29.4 Å². The second-order valence-corrected chi connectivity index (χ2v) is 7.42. The second-order valence-electron chi connectivity index (χ2n) is 7.42. The molecule has 1 aliphatic rings. The summed E-state index contributed by atoms with van der Waals surface area (Å²) < 4.78 is 1.25. The number of fused-ring (bicyclic) bond motifs is 1. The fourth-order valence-electron chi connectivity index (χ4n) is 3.71. The number of carbonyl (C=O) groups excluding carboxylic acids is 1. The lowest BCUT2D eigenvalue weighted by atomic mass is 10.0. The molecule has 0 spiro atoms. The molecule has 0 aliphatic carbocycles. The maximum Gasteiger partial charge on any atom is 0.329 e. The average molecular weight is 393 g/mol. The van der Waals surface area contributed by atoms with Crippen LogP contribution in [0.3, 0.4) is 0 Å². The van der Waals surface area contributed by atoms with Crippen molar-refractivity contribution in [3.05, 3.63) is 74.6 Å². The number of aromatic amines is 1. The van der Waals surface area contributed by atoms with E-state index in [9.17, 15) is 14.4 Å². The van der Waals surface area contributed by atoms with Crippen molar-refractivity contribution in [2.75, 3.05) is 13.1 Å². The molecule has 0 unspecified atom stereocenters. The zero-order chi connectivity index (χ0) is 20.4. The molecule has 1 aliphatic heterocycles. The quantitative estimate of drug-likeness (QED) is 0.689. The minimum Gasteiger partial charge on any atom is -0.349 e. The number of piperidine rings is 1. The number of nitrogens with zero attached hydrogens (tertiary/aromatic N) is 3. The first kappa shape index (κ1) is 19.1. The van der Waals surface area contributed by atoms with Gasteiger partial charge in [-0.05, 0) is 24.5 Å². The van der Waals surface area contributed by atoms with Gasteiger partial charge in [-0.25, -0.2) is 9.78 Å². The predicted octanol–water partition coefficient (Wildman–Crippen LogP) is 1.02. The number of hydrogen-bond acceptors (Lipinski definition) is 5. The van der Waals surface area contributed by atoms with E-state index in [-0.39, 0.29) is 23.0 Å².